The molecule has 2 heterocycles. The Morgan fingerprint density at radius 1 is 1.00 bits per heavy atom. The first-order chi connectivity index (χ1) is 14.5. The minimum atomic E-state index is -0.0713. The van der Waals surface area contributed by atoms with Crippen molar-refractivity contribution in [1.82, 2.24) is 9.88 Å². The maximum atomic E-state index is 12.5. The minimum absolute atomic E-state index is 0.0713. The van der Waals surface area contributed by atoms with Crippen molar-refractivity contribution >= 4 is 62.9 Å². The van der Waals surface area contributed by atoms with Crippen LogP contribution in [0.1, 0.15) is 0 Å². The number of nitrogens with one attached hydrogen (secondary N) is 1. The molecule has 1 aromatic heterocycles. The van der Waals surface area contributed by atoms with Crippen molar-refractivity contribution in [2.75, 3.05) is 42.9 Å². The van der Waals surface area contributed by atoms with Crippen molar-refractivity contribution in [3.05, 3.63) is 62.9 Å². The standard InChI is InChI=1S/C21H19Cl3N4OS/c22-14-1-4-16(5-2-14)28-9-7-27(8-10-28)12-20(29)26-21-25-19(13-30-21)17-6-3-15(23)11-18(17)24/h1-6,11,13H,7-10,12H2,(H,25,26,29). The lowest BCUT2D eigenvalue weighted by atomic mass is 10.2. The lowest BCUT2D eigenvalue weighted by molar-refractivity contribution is -0.117. The van der Waals surface area contributed by atoms with E-state index in [1.807, 2.05) is 35.7 Å². The van der Waals surface area contributed by atoms with Gasteiger partial charge in [0, 0.05) is 52.9 Å². The average molecular weight is 482 g/mol. The molecule has 2 aromatic carbocycles. The van der Waals surface area contributed by atoms with Gasteiger partial charge in [0.1, 0.15) is 0 Å². The van der Waals surface area contributed by atoms with E-state index in [4.69, 9.17) is 34.8 Å². The Morgan fingerprint density at radius 2 is 1.70 bits per heavy atom. The van der Waals surface area contributed by atoms with E-state index in [1.165, 1.54) is 11.3 Å². The maximum Gasteiger partial charge on any atom is 0.240 e. The molecule has 0 atom stereocenters. The van der Waals surface area contributed by atoms with Gasteiger partial charge in [-0.15, -0.1) is 11.3 Å². The summed E-state index contributed by atoms with van der Waals surface area (Å²) in [6.07, 6.45) is 0. The summed E-state index contributed by atoms with van der Waals surface area (Å²) in [6.45, 7) is 3.71. The molecule has 3 aromatic rings. The van der Waals surface area contributed by atoms with E-state index in [2.05, 4.69) is 20.1 Å². The van der Waals surface area contributed by atoms with Crippen molar-refractivity contribution in [2.45, 2.75) is 0 Å². The number of carbonyl (C=O) groups is 1. The number of hydrogen-bond donors (Lipinski definition) is 1. The number of halogens is 3. The van der Waals surface area contributed by atoms with Crippen molar-refractivity contribution < 1.29 is 4.79 Å². The van der Waals surface area contributed by atoms with E-state index in [-0.39, 0.29) is 5.91 Å². The maximum absolute atomic E-state index is 12.5. The molecule has 0 unspecified atom stereocenters. The SMILES string of the molecule is O=C(CN1CCN(c2ccc(Cl)cc2)CC1)Nc1nc(-c2ccc(Cl)cc2Cl)cs1. The first-order valence-corrected chi connectivity index (χ1v) is 11.4. The van der Waals surface area contributed by atoms with Crippen LogP contribution in [0.3, 0.4) is 0 Å². The second-order valence-electron chi connectivity index (χ2n) is 6.95. The summed E-state index contributed by atoms with van der Waals surface area (Å²) < 4.78 is 0. The highest BCUT2D eigenvalue weighted by atomic mass is 35.5. The summed E-state index contributed by atoms with van der Waals surface area (Å²) in [5, 5.41) is 7.15. The number of amides is 1. The smallest absolute Gasteiger partial charge is 0.240 e. The van der Waals surface area contributed by atoms with Gasteiger partial charge in [-0.25, -0.2) is 4.98 Å². The Labute approximate surface area is 194 Å². The van der Waals surface area contributed by atoms with Gasteiger partial charge >= 0.3 is 0 Å². The van der Waals surface area contributed by atoms with Crippen LogP contribution in [0.2, 0.25) is 15.1 Å². The molecule has 1 saturated heterocycles. The Hall–Kier alpha value is -1.83. The van der Waals surface area contributed by atoms with Crippen LogP contribution >= 0.6 is 46.1 Å². The Bertz CT molecular complexity index is 1030. The zero-order valence-corrected chi connectivity index (χ0v) is 19.0. The van der Waals surface area contributed by atoms with Gasteiger partial charge in [0.2, 0.25) is 5.91 Å². The quantitative estimate of drug-likeness (QED) is 0.520. The third-order valence-electron chi connectivity index (χ3n) is 4.89. The van der Waals surface area contributed by atoms with Gasteiger partial charge in [0.15, 0.2) is 5.13 Å². The first-order valence-electron chi connectivity index (χ1n) is 9.41. The molecule has 1 fully saturated rings. The van der Waals surface area contributed by atoms with E-state index in [9.17, 15) is 4.79 Å². The summed E-state index contributed by atoms with van der Waals surface area (Å²) >= 11 is 19.5. The van der Waals surface area contributed by atoms with E-state index in [1.54, 1.807) is 12.1 Å². The number of rotatable bonds is 5. The molecule has 0 saturated carbocycles. The predicted octanol–water partition coefficient (Wildman–Crippen LogP) is 5.53. The molecule has 1 amide bonds. The fourth-order valence-corrected chi connectivity index (χ4v) is 4.69. The van der Waals surface area contributed by atoms with Crippen molar-refractivity contribution in [3.63, 3.8) is 0 Å². The van der Waals surface area contributed by atoms with Crippen LogP contribution in [0.4, 0.5) is 10.8 Å². The van der Waals surface area contributed by atoms with Crippen molar-refractivity contribution in [2.24, 2.45) is 0 Å². The van der Waals surface area contributed by atoms with Gasteiger partial charge in [0.05, 0.1) is 17.3 Å². The predicted molar refractivity (Wildman–Crippen MR) is 126 cm³/mol. The molecule has 156 valence electrons. The number of piperazine rings is 1. The second kappa shape index (κ2) is 9.54. The normalized spacial score (nSPS) is 14.7. The second-order valence-corrected chi connectivity index (χ2v) is 9.09. The lowest BCUT2D eigenvalue weighted by Crippen LogP contribution is -2.48. The summed E-state index contributed by atoms with van der Waals surface area (Å²) in [6, 6.07) is 13.1. The highest BCUT2D eigenvalue weighted by molar-refractivity contribution is 7.14. The van der Waals surface area contributed by atoms with Crippen molar-refractivity contribution in [1.29, 1.82) is 0 Å². The van der Waals surface area contributed by atoms with E-state index < -0.39 is 0 Å². The molecule has 9 heteroatoms. The van der Waals surface area contributed by atoms with Crippen LogP contribution < -0.4 is 10.2 Å². The summed E-state index contributed by atoms with van der Waals surface area (Å²) in [7, 11) is 0. The van der Waals surface area contributed by atoms with Crippen LogP contribution in [0.5, 0.6) is 0 Å². The molecule has 1 aliphatic rings. The van der Waals surface area contributed by atoms with Crippen LogP contribution in [-0.4, -0.2) is 48.5 Å². The zero-order chi connectivity index (χ0) is 21.1. The van der Waals surface area contributed by atoms with Crippen LogP contribution in [0, 0.1) is 0 Å². The van der Waals surface area contributed by atoms with Gasteiger partial charge in [-0.3, -0.25) is 9.69 Å². The number of aromatic nitrogens is 1. The summed E-state index contributed by atoms with van der Waals surface area (Å²) in [4.78, 5) is 21.4. The van der Waals surface area contributed by atoms with Crippen LogP contribution in [-0.2, 0) is 4.79 Å². The number of benzene rings is 2. The highest BCUT2D eigenvalue weighted by Crippen LogP contribution is 2.32. The van der Waals surface area contributed by atoms with Gasteiger partial charge in [-0.2, -0.15) is 0 Å². The molecular formula is C21H19Cl3N4OS. The van der Waals surface area contributed by atoms with E-state index in [0.29, 0.717) is 27.4 Å². The molecule has 0 bridgehead atoms. The van der Waals surface area contributed by atoms with Crippen LogP contribution in [0.25, 0.3) is 11.3 Å². The van der Waals surface area contributed by atoms with Crippen LogP contribution in [0.15, 0.2) is 47.8 Å². The summed E-state index contributed by atoms with van der Waals surface area (Å²) in [5.41, 5.74) is 2.66. The van der Waals surface area contributed by atoms with E-state index >= 15 is 0 Å². The Morgan fingerprint density at radius 3 is 2.40 bits per heavy atom. The average Bonchev–Trinajstić information content (AvgIpc) is 3.17. The lowest BCUT2D eigenvalue weighted by Gasteiger charge is -2.35. The first kappa shape index (κ1) is 21.4. The van der Waals surface area contributed by atoms with E-state index in [0.717, 1.165) is 42.5 Å². The number of carbonyl (C=O) groups excluding carboxylic acids is 1. The van der Waals surface area contributed by atoms with Gasteiger partial charge in [0.25, 0.3) is 0 Å². The summed E-state index contributed by atoms with van der Waals surface area (Å²) in [5.74, 6) is -0.0713. The molecule has 1 aliphatic heterocycles. The molecule has 30 heavy (non-hydrogen) atoms. The van der Waals surface area contributed by atoms with Gasteiger partial charge < -0.3 is 10.2 Å². The third kappa shape index (κ3) is 5.25. The molecule has 0 aliphatic carbocycles. The van der Waals surface area contributed by atoms with Gasteiger partial charge in [-0.05, 0) is 42.5 Å². The van der Waals surface area contributed by atoms with Gasteiger partial charge in [-0.1, -0.05) is 34.8 Å². The molecule has 5 nitrogen and oxygen atoms in total. The van der Waals surface area contributed by atoms with Crippen molar-refractivity contribution in [3.8, 4) is 11.3 Å². The largest absolute Gasteiger partial charge is 0.369 e. The number of thiazole rings is 1. The topological polar surface area (TPSA) is 48.5 Å². The number of anilines is 2. The monoisotopic (exact) mass is 480 g/mol. The molecule has 0 spiro atoms. The number of hydrogen-bond acceptors (Lipinski definition) is 5. The molecular weight excluding hydrogens is 463 g/mol. The molecule has 4 rings (SSSR count). The fraction of sp³-hybridized carbons (Fsp3) is 0.238. The minimum Gasteiger partial charge on any atom is -0.369 e. The molecule has 0 radical (unpaired) electrons. The third-order valence-corrected chi connectivity index (χ3v) is 6.45. The fourth-order valence-electron chi connectivity index (χ4n) is 3.33. The molecule has 1 N–H and O–H groups in total. The zero-order valence-electron chi connectivity index (χ0n) is 15.9. The Kier molecular flexibility index (Phi) is 6.80. The number of nitrogens with zero attached hydrogens (tertiary/aromatic N) is 3. The Balaban J connectivity index is 1.29. The highest BCUT2D eigenvalue weighted by Gasteiger charge is 2.20.